The molecule has 2 heterocycles. The summed E-state index contributed by atoms with van der Waals surface area (Å²) in [6, 6.07) is 7.89. The van der Waals surface area contributed by atoms with Gasteiger partial charge in [-0.25, -0.2) is 9.37 Å². The fourth-order valence-electron chi connectivity index (χ4n) is 2.20. The summed E-state index contributed by atoms with van der Waals surface area (Å²) in [4.78, 5) is 19.0. The molecule has 1 aromatic carbocycles. The molecule has 23 heavy (non-hydrogen) atoms. The van der Waals surface area contributed by atoms with Gasteiger partial charge in [0, 0.05) is 36.0 Å². The summed E-state index contributed by atoms with van der Waals surface area (Å²) in [6.07, 6.45) is 6.41. The van der Waals surface area contributed by atoms with E-state index in [0.717, 1.165) is 10.9 Å². The Hall–Kier alpha value is -2.66. The Morgan fingerprint density at radius 1 is 1.39 bits per heavy atom. The molecular weight excluding hydrogens is 317 g/mol. The van der Waals surface area contributed by atoms with Gasteiger partial charge in [-0.05, 0) is 29.8 Å². The largest absolute Gasteiger partial charge is 0.348 e. The summed E-state index contributed by atoms with van der Waals surface area (Å²) in [5.41, 5.74) is 2.22. The number of aromatic nitrogens is 2. The predicted octanol–water partition coefficient (Wildman–Crippen LogP) is 3.69. The van der Waals surface area contributed by atoms with E-state index in [1.807, 2.05) is 0 Å². The lowest BCUT2D eigenvalue weighted by atomic mass is 10.2. The molecule has 0 aliphatic heterocycles. The molecule has 4 nitrogen and oxygen atoms in total. The molecule has 2 N–H and O–H groups in total. The number of rotatable bonds is 4. The number of halogens is 2. The Bertz CT molecular complexity index is 888. The first-order valence-corrected chi connectivity index (χ1v) is 7.32. The second-order valence-electron chi connectivity index (χ2n) is 4.97. The third-order valence-corrected chi connectivity index (χ3v) is 3.51. The van der Waals surface area contributed by atoms with Crippen molar-refractivity contribution in [3.05, 3.63) is 70.8 Å². The van der Waals surface area contributed by atoms with E-state index in [2.05, 4.69) is 15.3 Å². The van der Waals surface area contributed by atoms with Crippen LogP contribution in [0.15, 0.2) is 48.8 Å². The van der Waals surface area contributed by atoms with Crippen LogP contribution in [0.2, 0.25) is 5.02 Å². The fourth-order valence-corrected chi connectivity index (χ4v) is 2.35. The molecule has 0 radical (unpaired) electrons. The molecule has 0 unspecified atom stereocenters. The number of nitrogens with one attached hydrogen (secondary N) is 2. The molecule has 0 saturated heterocycles. The van der Waals surface area contributed by atoms with Crippen LogP contribution in [0.3, 0.4) is 0 Å². The number of amides is 1. The van der Waals surface area contributed by atoms with Gasteiger partial charge in [0.05, 0.1) is 5.02 Å². The lowest BCUT2D eigenvalue weighted by Crippen LogP contribution is -2.20. The predicted molar refractivity (Wildman–Crippen MR) is 88.4 cm³/mol. The zero-order chi connectivity index (χ0) is 16.2. The summed E-state index contributed by atoms with van der Waals surface area (Å²) < 4.78 is 13.1. The van der Waals surface area contributed by atoms with E-state index in [-0.39, 0.29) is 18.3 Å². The number of benzene rings is 1. The first kappa shape index (κ1) is 15.2. The number of hydrogen-bond donors (Lipinski definition) is 2. The van der Waals surface area contributed by atoms with Crippen LogP contribution in [0.4, 0.5) is 4.39 Å². The van der Waals surface area contributed by atoms with Crippen LogP contribution < -0.4 is 5.32 Å². The molecule has 0 atom stereocenters. The minimum Gasteiger partial charge on any atom is -0.348 e. The van der Waals surface area contributed by atoms with Crippen molar-refractivity contribution in [3.8, 4) is 0 Å². The second kappa shape index (κ2) is 6.62. The van der Waals surface area contributed by atoms with Gasteiger partial charge in [0.1, 0.15) is 11.5 Å². The van der Waals surface area contributed by atoms with Crippen LogP contribution >= 0.6 is 11.6 Å². The quantitative estimate of drug-likeness (QED) is 0.717. The van der Waals surface area contributed by atoms with Gasteiger partial charge in [0.2, 0.25) is 5.91 Å². The highest BCUT2D eigenvalue weighted by Crippen LogP contribution is 2.21. The molecule has 6 heteroatoms. The van der Waals surface area contributed by atoms with Gasteiger partial charge in [-0.1, -0.05) is 23.7 Å². The number of nitrogens with zero attached hydrogens (tertiary/aromatic N) is 1. The molecule has 0 spiro atoms. The van der Waals surface area contributed by atoms with Crippen molar-refractivity contribution in [2.24, 2.45) is 0 Å². The van der Waals surface area contributed by atoms with Crippen molar-refractivity contribution in [1.82, 2.24) is 15.3 Å². The average Bonchev–Trinajstić information content (AvgIpc) is 2.93. The van der Waals surface area contributed by atoms with E-state index in [4.69, 9.17) is 11.6 Å². The minimum absolute atomic E-state index is 0.265. The van der Waals surface area contributed by atoms with E-state index < -0.39 is 0 Å². The number of carbonyl (C=O) groups is 1. The number of hydrogen-bond acceptors (Lipinski definition) is 2. The molecular formula is C17H13ClFN3O. The topological polar surface area (TPSA) is 57.8 Å². The summed E-state index contributed by atoms with van der Waals surface area (Å²) >= 11 is 5.93. The Labute approximate surface area is 137 Å². The Balaban J connectivity index is 1.67. The monoisotopic (exact) mass is 329 g/mol. The Morgan fingerprint density at radius 2 is 2.26 bits per heavy atom. The van der Waals surface area contributed by atoms with Gasteiger partial charge >= 0.3 is 0 Å². The second-order valence-corrected chi connectivity index (χ2v) is 5.41. The summed E-state index contributed by atoms with van der Waals surface area (Å²) in [7, 11) is 0. The summed E-state index contributed by atoms with van der Waals surface area (Å²) in [5.74, 6) is -0.589. The number of carbonyl (C=O) groups excluding carboxylic acids is 1. The van der Waals surface area contributed by atoms with E-state index in [1.165, 1.54) is 18.2 Å². The van der Waals surface area contributed by atoms with Gasteiger partial charge in [-0.2, -0.15) is 0 Å². The van der Waals surface area contributed by atoms with Crippen molar-refractivity contribution in [2.45, 2.75) is 6.54 Å². The first-order chi connectivity index (χ1) is 11.1. The molecule has 0 aliphatic rings. The number of H-pyrrole nitrogens is 1. The molecule has 0 saturated carbocycles. The number of pyridine rings is 1. The fraction of sp³-hybridized carbons (Fsp3) is 0.0588. The number of aromatic amines is 1. The normalized spacial score (nSPS) is 11.2. The van der Waals surface area contributed by atoms with Crippen molar-refractivity contribution in [3.63, 3.8) is 0 Å². The van der Waals surface area contributed by atoms with Gasteiger partial charge in [0.15, 0.2) is 0 Å². The van der Waals surface area contributed by atoms with E-state index in [9.17, 15) is 9.18 Å². The van der Waals surface area contributed by atoms with Crippen LogP contribution in [-0.4, -0.2) is 15.9 Å². The van der Waals surface area contributed by atoms with E-state index in [0.29, 0.717) is 16.2 Å². The molecule has 3 rings (SSSR count). The first-order valence-electron chi connectivity index (χ1n) is 6.95. The third-order valence-electron chi connectivity index (χ3n) is 3.30. The Kier molecular flexibility index (Phi) is 4.39. The van der Waals surface area contributed by atoms with Crippen LogP contribution in [0, 0.1) is 5.82 Å². The Morgan fingerprint density at radius 3 is 3.09 bits per heavy atom. The maximum Gasteiger partial charge on any atom is 0.244 e. The van der Waals surface area contributed by atoms with Gasteiger partial charge < -0.3 is 10.3 Å². The summed E-state index contributed by atoms with van der Waals surface area (Å²) in [6.45, 7) is 0.266. The van der Waals surface area contributed by atoms with Crippen LogP contribution in [0.1, 0.15) is 11.1 Å². The molecule has 0 fully saturated rings. The highest BCUT2D eigenvalue weighted by molar-refractivity contribution is 6.31. The smallest absolute Gasteiger partial charge is 0.244 e. The molecule has 0 bridgehead atoms. The molecule has 1 amide bonds. The SMILES string of the molecule is O=C(/C=C/c1c[nH]c2ncc(Cl)cc12)NCc1cccc(F)c1. The van der Waals surface area contributed by atoms with Crippen molar-refractivity contribution < 1.29 is 9.18 Å². The molecule has 2 aromatic heterocycles. The maximum absolute atomic E-state index is 13.1. The standard InChI is InChI=1S/C17H13ClFN3O/c18-13-7-15-12(9-21-17(15)22-10-13)4-5-16(23)20-8-11-2-1-3-14(19)6-11/h1-7,9-10H,8H2,(H,20,23)(H,21,22)/b5-4+. The third kappa shape index (κ3) is 3.76. The highest BCUT2D eigenvalue weighted by atomic mass is 35.5. The molecule has 3 aromatic rings. The van der Waals surface area contributed by atoms with Crippen LogP contribution in [0.25, 0.3) is 17.1 Å². The lowest BCUT2D eigenvalue weighted by Gasteiger charge is -2.02. The van der Waals surface area contributed by atoms with Crippen molar-refractivity contribution in [1.29, 1.82) is 0 Å². The van der Waals surface area contributed by atoms with Gasteiger partial charge in [-0.15, -0.1) is 0 Å². The highest BCUT2D eigenvalue weighted by Gasteiger charge is 2.04. The van der Waals surface area contributed by atoms with Crippen molar-refractivity contribution >= 4 is 34.6 Å². The van der Waals surface area contributed by atoms with Crippen molar-refractivity contribution in [2.75, 3.05) is 0 Å². The van der Waals surface area contributed by atoms with Gasteiger partial charge in [0.25, 0.3) is 0 Å². The van der Waals surface area contributed by atoms with Crippen LogP contribution in [-0.2, 0) is 11.3 Å². The van der Waals surface area contributed by atoms with Crippen LogP contribution in [0.5, 0.6) is 0 Å². The lowest BCUT2D eigenvalue weighted by molar-refractivity contribution is -0.116. The zero-order valence-electron chi connectivity index (χ0n) is 12.0. The van der Waals surface area contributed by atoms with E-state index in [1.54, 1.807) is 36.7 Å². The zero-order valence-corrected chi connectivity index (χ0v) is 12.8. The minimum atomic E-state index is -0.324. The summed E-state index contributed by atoms with van der Waals surface area (Å²) in [5, 5.41) is 4.07. The molecule has 0 aliphatic carbocycles. The average molecular weight is 330 g/mol. The van der Waals surface area contributed by atoms with E-state index >= 15 is 0 Å². The number of fused-ring (bicyclic) bond motifs is 1. The van der Waals surface area contributed by atoms with Gasteiger partial charge in [-0.3, -0.25) is 4.79 Å². The molecule has 116 valence electrons. The maximum atomic E-state index is 13.1.